The summed E-state index contributed by atoms with van der Waals surface area (Å²) >= 11 is 0. The van der Waals surface area contributed by atoms with E-state index in [1.165, 1.54) is 22.6 Å². The minimum Gasteiger partial charge on any atom is -0.452 e. The molecule has 3 aromatic carbocycles. The van der Waals surface area contributed by atoms with E-state index < -0.39 is 18.5 Å². The van der Waals surface area contributed by atoms with E-state index in [0.29, 0.717) is 24.2 Å². The summed E-state index contributed by atoms with van der Waals surface area (Å²) in [5.74, 6) is -2.07. The van der Waals surface area contributed by atoms with E-state index in [1.807, 2.05) is 44.2 Å². The van der Waals surface area contributed by atoms with Gasteiger partial charge >= 0.3 is 5.97 Å². The number of hydrogen-bond acceptors (Lipinski definition) is 5. The predicted octanol–water partition coefficient (Wildman–Crippen LogP) is 5.17. The Balaban J connectivity index is 1.25. The van der Waals surface area contributed by atoms with Crippen LogP contribution in [0.5, 0.6) is 0 Å². The first kappa shape index (κ1) is 25.4. The molecular formula is C31H30N2O5. The third kappa shape index (κ3) is 4.96. The lowest BCUT2D eigenvalue weighted by Crippen LogP contribution is -2.31. The molecule has 0 spiro atoms. The number of amides is 3. The highest BCUT2D eigenvalue weighted by atomic mass is 16.5. The van der Waals surface area contributed by atoms with Crippen LogP contribution in [-0.2, 0) is 19.1 Å². The Morgan fingerprint density at radius 3 is 2.42 bits per heavy atom. The normalized spacial score (nSPS) is 20.7. The largest absolute Gasteiger partial charge is 0.452 e. The van der Waals surface area contributed by atoms with Crippen molar-refractivity contribution in [3.63, 3.8) is 0 Å². The minimum atomic E-state index is -0.705. The Morgan fingerprint density at radius 1 is 0.895 bits per heavy atom. The van der Waals surface area contributed by atoms with Crippen molar-refractivity contribution in [1.82, 2.24) is 0 Å². The first-order valence-corrected chi connectivity index (χ1v) is 12.9. The molecule has 194 valence electrons. The zero-order valence-corrected chi connectivity index (χ0v) is 21.5. The molecule has 0 aromatic heterocycles. The highest BCUT2D eigenvalue weighted by Crippen LogP contribution is 2.45. The molecule has 2 aliphatic rings. The summed E-state index contributed by atoms with van der Waals surface area (Å²) in [6.45, 7) is 3.40. The van der Waals surface area contributed by atoms with Crippen molar-refractivity contribution in [3.05, 3.63) is 95.1 Å². The highest BCUT2D eigenvalue weighted by Gasteiger charge is 2.50. The molecule has 1 saturated heterocycles. The zero-order chi connectivity index (χ0) is 26.8. The number of carbonyl (C=O) groups is 4. The first-order valence-electron chi connectivity index (χ1n) is 12.9. The van der Waals surface area contributed by atoms with Crippen molar-refractivity contribution in [1.29, 1.82) is 0 Å². The SMILES string of the molecule is Cc1cccc(NC(=O)COC(=O)c2cccc(N3C(=O)[C@@H]4CC[C@@H](c5ccccc5)C[C@H]4C3=O)c2)c1C. The van der Waals surface area contributed by atoms with Gasteiger partial charge in [-0.3, -0.25) is 19.3 Å². The first-order chi connectivity index (χ1) is 18.3. The van der Waals surface area contributed by atoms with Crippen LogP contribution in [0.1, 0.15) is 52.2 Å². The molecule has 0 unspecified atom stereocenters. The Labute approximate surface area is 221 Å². The molecule has 1 saturated carbocycles. The third-order valence-corrected chi connectivity index (χ3v) is 7.75. The lowest BCUT2D eigenvalue weighted by atomic mass is 9.73. The van der Waals surface area contributed by atoms with Crippen molar-refractivity contribution in [3.8, 4) is 0 Å². The fourth-order valence-corrected chi connectivity index (χ4v) is 5.52. The molecule has 0 bridgehead atoms. The van der Waals surface area contributed by atoms with Gasteiger partial charge in [-0.25, -0.2) is 4.79 Å². The molecule has 7 nitrogen and oxygen atoms in total. The molecule has 3 aromatic rings. The second-order valence-corrected chi connectivity index (χ2v) is 10.1. The van der Waals surface area contributed by atoms with E-state index in [0.717, 1.165) is 17.5 Å². The molecular weight excluding hydrogens is 480 g/mol. The number of ether oxygens (including phenoxy) is 1. The van der Waals surface area contributed by atoms with Crippen LogP contribution < -0.4 is 10.2 Å². The molecule has 1 aliphatic heterocycles. The maximum absolute atomic E-state index is 13.4. The van der Waals surface area contributed by atoms with Gasteiger partial charge in [0.05, 0.1) is 23.1 Å². The fourth-order valence-electron chi connectivity index (χ4n) is 5.52. The number of nitrogens with zero attached hydrogens (tertiary/aromatic N) is 1. The van der Waals surface area contributed by atoms with E-state index in [-0.39, 0.29) is 35.1 Å². The highest BCUT2D eigenvalue weighted by molar-refractivity contribution is 6.22. The number of aryl methyl sites for hydroxylation is 1. The summed E-state index contributed by atoms with van der Waals surface area (Å²) in [5, 5.41) is 2.76. The van der Waals surface area contributed by atoms with E-state index in [4.69, 9.17) is 4.74 Å². The van der Waals surface area contributed by atoms with Crippen LogP contribution in [0.3, 0.4) is 0 Å². The second-order valence-electron chi connectivity index (χ2n) is 10.1. The third-order valence-electron chi connectivity index (χ3n) is 7.75. The molecule has 3 amide bonds. The van der Waals surface area contributed by atoms with E-state index in [1.54, 1.807) is 18.2 Å². The molecule has 7 heteroatoms. The fraction of sp³-hybridized carbons (Fsp3) is 0.290. The Kier molecular flexibility index (Phi) is 7.09. The minimum absolute atomic E-state index is 0.166. The van der Waals surface area contributed by atoms with E-state index in [9.17, 15) is 19.2 Å². The number of imide groups is 1. The number of anilines is 2. The van der Waals surface area contributed by atoms with Crippen LogP contribution in [0.15, 0.2) is 72.8 Å². The van der Waals surface area contributed by atoms with Crippen LogP contribution in [0.25, 0.3) is 0 Å². The van der Waals surface area contributed by atoms with E-state index >= 15 is 0 Å². The maximum atomic E-state index is 13.4. The van der Waals surface area contributed by atoms with Crippen LogP contribution in [0, 0.1) is 25.7 Å². The molecule has 38 heavy (non-hydrogen) atoms. The van der Waals surface area contributed by atoms with Crippen LogP contribution in [0.2, 0.25) is 0 Å². The average Bonchev–Trinajstić information content (AvgIpc) is 3.19. The molecule has 1 heterocycles. The van der Waals surface area contributed by atoms with Crippen molar-refractivity contribution >= 4 is 35.1 Å². The molecule has 1 N–H and O–H groups in total. The Bertz CT molecular complexity index is 1400. The number of esters is 1. The Morgan fingerprint density at radius 2 is 1.63 bits per heavy atom. The van der Waals surface area contributed by atoms with Crippen LogP contribution in [0.4, 0.5) is 11.4 Å². The van der Waals surface area contributed by atoms with Gasteiger partial charge in [-0.15, -0.1) is 0 Å². The summed E-state index contributed by atoms with van der Waals surface area (Å²) in [6.07, 6.45) is 2.14. The number of hydrogen-bond donors (Lipinski definition) is 1. The maximum Gasteiger partial charge on any atom is 0.338 e. The standard InChI is InChI=1S/C31H30N2O5/c1-19-8-6-13-27(20(19)2)32-28(34)18-38-31(37)23-11-7-12-24(16-23)33-29(35)25-15-14-22(17-26(25)30(33)36)21-9-4-3-5-10-21/h3-13,16,22,25-26H,14-15,17-18H2,1-2H3,(H,32,34)/t22-,25-,26-/m1/s1. The van der Waals surface area contributed by atoms with Crippen molar-refractivity contribution in [2.24, 2.45) is 11.8 Å². The van der Waals surface area contributed by atoms with Gasteiger partial charge in [0.25, 0.3) is 5.91 Å². The van der Waals surface area contributed by atoms with Gasteiger partial charge in [0.15, 0.2) is 6.61 Å². The van der Waals surface area contributed by atoms with Crippen LogP contribution in [-0.4, -0.2) is 30.3 Å². The van der Waals surface area contributed by atoms with Gasteiger partial charge in [0.1, 0.15) is 0 Å². The summed E-state index contributed by atoms with van der Waals surface area (Å²) in [4.78, 5) is 52.9. The number of carbonyl (C=O) groups excluding carboxylic acids is 4. The topological polar surface area (TPSA) is 92.8 Å². The predicted molar refractivity (Wildman–Crippen MR) is 144 cm³/mol. The van der Waals surface area contributed by atoms with Gasteiger partial charge in [-0.05, 0) is 80.0 Å². The number of benzene rings is 3. The summed E-state index contributed by atoms with van der Waals surface area (Å²) in [6, 6.07) is 21.9. The van der Waals surface area contributed by atoms with Crippen molar-refractivity contribution in [2.75, 3.05) is 16.8 Å². The lowest BCUT2D eigenvalue weighted by Gasteiger charge is -2.28. The van der Waals surface area contributed by atoms with Gasteiger partial charge in [-0.1, -0.05) is 48.5 Å². The molecule has 0 radical (unpaired) electrons. The second kappa shape index (κ2) is 10.6. The molecule has 5 rings (SSSR count). The van der Waals surface area contributed by atoms with Gasteiger partial charge < -0.3 is 10.1 Å². The van der Waals surface area contributed by atoms with Crippen LogP contribution >= 0.6 is 0 Å². The van der Waals surface area contributed by atoms with Crippen molar-refractivity contribution in [2.45, 2.75) is 39.0 Å². The summed E-state index contributed by atoms with van der Waals surface area (Å²) < 4.78 is 5.22. The number of fused-ring (bicyclic) bond motifs is 1. The summed E-state index contributed by atoms with van der Waals surface area (Å²) in [7, 11) is 0. The average molecular weight is 511 g/mol. The summed E-state index contributed by atoms with van der Waals surface area (Å²) in [5.41, 5.74) is 4.35. The Hall–Kier alpha value is -4.26. The monoisotopic (exact) mass is 510 g/mol. The van der Waals surface area contributed by atoms with Gasteiger partial charge in [0, 0.05) is 5.69 Å². The van der Waals surface area contributed by atoms with Crippen molar-refractivity contribution < 1.29 is 23.9 Å². The molecule has 3 atom stereocenters. The quantitative estimate of drug-likeness (QED) is 0.365. The van der Waals surface area contributed by atoms with Gasteiger partial charge in [0.2, 0.25) is 11.8 Å². The lowest BCUT2D eigenvalue weighted by molar-refractivity contribution is -0.122. The van der Waals surface area contributed by atoms with Gasteiger partial charge in [-0.2, -0.15) is 0 Å². The number of nitrogens with one attached hydrogen (secondary N) is 1. The number of rotatable bonds is 6. The zero-order valence-electron chi connectivity index (χ0n) is 21.5. The smallest absolute Gasteiger partial charge is 0.338 e. The molecule has 2 fully saturated rings. The van der Waals surface area contributed by atoms with E-state index in [2.05, 4.69) is 17.4 Å². The molecule has 1 aliphatic carbocycles.